The van der Waals surface area contributed by atoms with E-state index >= 15 is 0 Å². The smallest absolute Gasteiger partial charge is 0.410 e. The van der Waals surface area contributed by atoms with Crippen molar-refractivity contribution in [2.45, 2.75) is 69.7 Å². The summed E-state index contributed by atoms with van der Waals surface area (Å²) in [5.41, 5.74) is -0.275. The van der Waals surface area contributed by atoms with E-state index in [1.54, 1.807) is 14.7 Å². The lowest BCUT2D eigenvalue weighted by molar-refractivity contribution is 0.0169. The molecule has 0 aromatic heterocycles. The van der Waals surface area contributed by atoms with Crippen molar-refractivity contribution in [2.24, 2.45) is 0 Å². The summed E-state index contributed by atoms with van der Waals surface area (Å²) in [5, 5.41) is 0. The quantitative estimate of drug-likeness (QED) is 0.676. The van der Waals surface area contributed by atoms with E-state index in [9.17, 15) is 22.4 Å². The van der Waals surface area contributed by atoms with Gasteiger partial charge in [-0.2, -0.15) is 0 Å². The van der Waals surface area contributed by atoms with Crippen LogP contribution in [0.15, 0.2) is 23.1 Å². The highest BCUT2D eigenvalue weighted by Gasteiger charge is 2.40. The number of nitrogens with zero attached hydrogens (tertiary/aromatic N) is 3. The molecule has 32 heavy (non-hydrogen) atoms. The molecule has 1 aromatic carbocycles. The molecule has 0 bridgehead atoms. The van der Waals surface area contributed by atoms with E-state index in [0.717, 1.165) is 12.3 Å². The fourth-order valence-electron chi connectivity index (χ4n) is 4.10. The van der Waals surface area contributed by atoms with Gasteiger partial charge in [0, 0.05) is 43.5 Å². The zero-order valence-electron chi connectivity index (χ0n) is 19.3. The molecule has 178 valence electrons. The van der Waals surface area contributed by atoms with Crippen LogP contribution in [0.3, 0.4) is 0 Å². The van der Waals surface area contributed by atoms with Crippen LogP contribution in [-0.4, -0.2) is 78.8 Å². The average Bonchev–Trinajstić information content (AvgIpc) is 2.95. The third-order valence-electron chi connectivity index (χ3n) is 5.83. The Morgan fingerprint density at radius 1 is 1.22 bits per heavy atom. The second kappa shape index (κ2) is 8.88. The number of ether oxygens (including phenoxy) is 1. The largest absolute Gasteiger partial charge is 0.444 e. The van der Waals surface area contributed by atoms with Crippen molar-refractivity contribution in [3.05, 3.63) is 29.6 Å². The van der Waals surface area contributed by atoms with Gasteiger partial charge in [0.1, 0.15) is 11.4 Å². The van der Waals surface area contributed by atoms with Crippen molar-refractivity contribution in [3.63, 3.8) is 0 Å². The first-order valence-corrected chi connectivity index (χ1v) is 12.7. The first-order chi connectivity index (χ1) is 14.8. The fourth-order valence-corrected chi connectivity index (χ4v) is 4.73. The van der Waals surface area contributed by atoms with Crippen LogP contribution < -0.4 is 0 Å². The van der Waals surface area contributed by atoms with Crippen molar-refractivity contribution in [1.82, 2.24) is 14.7 Å². The van der Waals surface area contributed by atoms with Gasteiger partial charge in [-0.1, -0.05) is 6.07 Å². The summed E-state index contributed by atoms with van der Waals surface area (Å²) < 4.78 is 43.2. The van der Waals surface area contributed by atoms with Crippen molar-refractivity contribution in [1.29, 1.82) is 0 Å². The third-order valence-corrected chi connectivity index (χ3v) is 6.94. The zero-order valence-corrected chi connectivity index (χ0v) is 20.1. The van der Waals surface area contributed by atoms with Crippen molar-refractivity contribution in [2.75, 3.05) is 25.9 Å². The first-order valence-electron chi connectivity index (χ1n) is 10.8. The summed E-state index contributed by atoms with van der Waals surface area (Å²) in [7, 11) is -3.50. The number of rotatable bonds is 4. The first kappa shape index (κ1) is 24.3. The highest BCUT2D eigenvalue weighted by Crippen LogP contribution is 2.27. The summed E-state index contributed by atoms with van der Waals surface area (Å²) in [4.78, 5) is 30.4. The Bertz CT molecular complexity index is 984. The van der Waals surface area contributed by atoms with E-state index in [1.165, 1.54) is 12.1 Å². The highest BCUT2D eigenvalue weighted by atomic mass is 32.2. The number of carbonyl (C=O) groups is 2. The molecule has 1 unspecified atom stereocenters. The molecule has 2 aliphatic rings. The molecule has 0 N–H and O–H groups in total. The fraction of sp³-hybridized carbons (Fsp3) is 0.636. The molecular weight excluding hydrogens is 437 g/mol. The third kappa shape index (κ3) is 5.51. The van der Waals surface area contributed by atoms with Gasteiger partial charge in [0.2, 0.25) is 0 Å². The van der Waals surface area contributed by atoms with Crippen molar-refractivity contribution < 1.29 is 27.1 Å². The molecule has 2 saturated heterocycles. The maximum absolute atomic E-state index is 14.5. The van der Waals surface area contributed by atoms with Crippen LogP contribution in [0, 0.1) is 5.82 Å². The van der Waals surface area contributed by atoms with Crippen LogP contribution >= 0.6 is 0 Å². The maximum Gasteiger partial charge on any atom is 0.410 e. The summed E-state index contributed by atoms with van der Waals surface area (Å²) in [6.45, 7) is 9.02. The van der Waals surface area contributed by atoms with Gasteiger partial charge in [-0.3, -0.25) is 0 Å². The number of hydrogen-bond acceptors (Lipinski definition) is 5. The monoisotopic (exact) mass is 469 g/mol. The van der Waals surface area contributed by atoms with Crippen LogP contribution in [0.1, 0.15) is 46.1 Å². The minimum absolute atomic E-state index is 0.00564. The predicted octanol–water partition coefficient (Wildman–Crippen LogP) is 3.25. The second-order valence-electron chi connectivity index (χ2n) is 9.64. The van der Waals surface area contributed by atoms with Crippen LogP contribution in [-0.2, 0) is 21.1 Å². The SMILES string of the molecule is CC1CN(C2CCN(C(=O)OC(C)(C)C)CC2)C(=O)N1Cc1ccc(S(C)(=O)=O)cc1F. The minimum Gasteiger partial charge on any atom is -0.444 e. The van der Waals surface area contributed by atoms with Crippen LogP contribution in [0.25, 0.3) is 0 Å². The standard InChI is InChI=1S/C22H32FN3O5S/c1-15-13-26(17-8-10-24(11-9-17)21(28)31-22(2,3)4)20(27)25(15)14-16-6-7-18(12-19(16)23)32(5,29)30/h6-7,12,15,17H,8-11,13-14H2,1-5H3. The number of benzene rings is 1. The molecule has 2 aliphatic heterocycles. The highest BCUT2D eigenvalue weighted by molar-refractivity contribution is 7.90. The Hall–Kier alpha value is -2.36. The molecule has 0 saturated carbocycles. The normalized spacial score (nSPS) is 20.8. The number of urea groups is 1. The zero-order chi connectivity index (χ0) is 23.8. The van der Waals surface area contributed by atoms with Crippen LogP contribution in [0.5, 0.6) is 0 Å². The lowest BCUT2D eigenvalue weighted by atomic mass is 10.0. The van der Waals surface area contributed by atoms with E-state index in [-0.39, 0.29) is 41.2 Å². The molecule has 0 aliphatic carbocycles. The maximum atomic E-state index is 14.5. The molecule has 10 heteroatoms. The molecule has 2 fully saturated rings. The number of hydrogen-bond donors (Lipinski definition) is 0. The van der Waals surface area contributed by atoms with Gasteiger partial charge in [-0.15, -0.1) is 0 Å². The predicted molar refractivity (Wildman–Crippen MR) is 117 cm³/mol. The molecule has 8 nitrogen and oxygen atoms in total. The van der Waals surface area contributed by atoms with Gasteiger partial charge < -0.3 is 19.4 Å². The van der Waals surface area contributed by atoms with Gasteiger partial charge >= 0.3 is 12.1 Å². The van der Waals surface area contributed by atoms with E-state index in [0.29, 0.717) is 32.5 Å². The van der Waals surface area contributed by atoms with Crippen LogP contribution in [0.2, 0.25) is 0 Å². The Labute approximate surface area is 189 Å². The number of piperidine rings is 1. The molecular formula is C22H32FN3O5S. The van der Waals surface area contributed by atoms with Crippen molar-refractivity contribution in [3.8, 4) is 0 Å². The minimum atomic E-state index is -3.50. The number of likely N-dealkylation sites (tertiary alicyclic amines) is 1. The summed E-state index contributed by atoms with van der Waals surface area (Å²) >= 11 is 0. The summed E-state index contributed by atoms with van der Waals surface area (Å²) in [6.07, 6.45) is 2.00. The second-order valence-corrected chi connectivity index (χ2v) is 11.7. The van der Waals surface area contributed by atoms with Gasteiger partial charge in [0.15, 0.2) is 9.84 Å². The van der Waals surface area contributed by atoms with Crippen LogP contribution in [0.4, 0.5) is 14.0 Å². The average molecular weight is 470 g/mol. The Morgan fingerprint density at radius 2 is 1.84 bits per heavy atom. The van der Waals surface area contributed by atoms with E-state index in [4.69, 9.17) is 4.74 Å². The topological polar surface area (TPSA) is 87.2 Å². The lowest BCUT2D eigenvalue weighted by Crippen LogP contribution is -2.49. The number of sulfone groups is 1. The summed E-state index contributed by atoms with van der Waals surface area (Å²) in [6, 6.07) is 3.52. The number of amides is 3. The molecule has 3 amide bonds. The van der Waals surface area contributed by atoms with Gasteiger partial charge in [0.25, 0.3) is 0 Å². The van der Waals surface area contributed by atoms with E-state index in [2.05, 4.69) is 0 Å². The Balaban J connectivity index is 1.62. The molecule has 1 atom stereocenters. The van der Waals surface area contributed by atoms with Gasteiger partial charge in [-0.25, -0.2) is 22.4 Å². The molecule has 2 heterocycles. The molecule has 0 radical (unpaired) electrons. The Morgan fingerprint density at radius 3 is 2.38 bits per heavy atom. The van der Waals surface area contributed by atoms with E-state index in [1.807, 2.05) is 27.7 Å². The van der Waals surface area contributed by atoms with Crippen molar-refractivity contribution >= 4 is 22.0 Å². The number of carbonyl (C=O) groups excluding carboxylic acids is 2. The summed E-state index contributed by atoms with van der Waals surface area (Å²) in [5.74, 6) is -0.642. The van der Waals surface area contributed by atoms with Gasteiger partial charge in [0.05, 0.1) is 11.4 Å². The molecule has 1 aromatic rings. The van der Waals surface area contributed by atoms with Gasteiger partial charge in [-0.05, 0) is 52.7 Å². The Kier molecular flexibility index (Phi) is 6.74. The number of halogens is 1. The molecule has 3 rings (SSSR count). The lowest BCUT2D eigenvalue weighted by Gasteiger charge is -2.37. The van der Waals surface area contributed by atoms with E-state index < -0.39 is 21.3 Å². The molecule has 0 spiro atoms.